The average Bonchev–Trinajstić information content (AvgIpc) is 3.19. The molecule has 0 spiro atoms. The Hall–Kier alpha value is -1.68. The van der Waals surface area contributed by atoms with Crippen LogP contribution in [0, 0.1) is 6.92 Å². The normalized spacial score (nSPS) is 22.3. The molecule has 1 aromatic rings. The Balaban J connectivity index is 1.88. The average molecular weight is 277 g/mol. The van der Waals surface area contributed by atoms with Crippen molar-refractivity contribution in [2.45, 2.75) is 31.9 Å². The molecule has 0 radical (unpaired) electrons. The Morgan fingerprint density at radius 3 is 2.84 bits per heavy atom. The van der Waals surface area contributed by atoms with Crippen molar-refractivity contribution in [3.63, 3.8) is 0 Å². The molecule has 98 valence electrons. The summed E-state index contributed by atoms with van der Waals surface area (Å²) >= 11 is 5.63. The fraction of sp³-hybridized carbons (Fsp3) is 0.357. The summed E-state index contributed by atoms with van der Waals surface area (Å²) in [4.78, 5) is 11.8. The van der Waals surface area contributed by atoms with Gasteiger partial charge in [-0.2, -0.15) is 0 Å². The van der Waals surface area contributed by atoms with Gasteiger partial charge in [0, 0.05) is 6.08 Å². The zero-order valence-electron chi connectivity index (χ0n) is 10.5. The molecule has 0 N–H and O–H groups in total. The number of hydrogen-bond acceptors (Lipinski definition) is 4. The number of carbonyl (C=O) groups excluding carboxylic acids is 1. The zero-order valence-corrected chi connectivity index (χ0v) is 11.2. The van der Waals surface area contributed by atoms with Gasteiger partial charge in [0.05, 0.1) is 0 Å². The largest absolute Gasteiger partial charge is 0.459 e. The van der Waals surface area contributed by atoms with Crippen molar-refractivity contribution in [1.82, 2.24) is 0 Å². The van der Waals surface area contributed by atoms with Crippen molar-refractivity contribution in [3.8, 4) is 5.75 Å². The third-order valence-electron chi connectivity index (χ3n) is 3.25. The van der Waals surface area contributed by atoms with E-state index in [1.165, 1.54) is 18.9 Å². The number of para-hydroxylation sites is 1. The van der Waals surface area contributed by atoms with Crippen molar-refractivity contribution < 1.29 is 9.53 Å². The lowest BCUT2D eigenvalue weighted by Crippen LogP contribution is -2.25. The van der Waals surface area contributed by atoms with E-state index < -0.39 is 6.23 Å². The minimum absolute atomic E-state index is 0.0945. The molecule has 0 bridgehead atoms. The van der Waals surface area contributed by atoms with E-state index in [1.807, 2.05) is 25.1 Å². The minimum atomic E-state index is -0.916. The SMILES string of the molecule is Cc1cccc(C2CC2)c1OC1N=NC(Cl)=CC1=O. The van der Waals surface area contributed by atoms with Gasteiger partial charge in [-0.15, -0.1) is 10.2 Å². The molecule has 0 amide bonds. The van der Waals surface area contributed by atoms with Crippen molar-refractivity contribution in [2.75, 3.05) is 0 Å². The molecule has 1 aliphatic carbocycles. The van der Waals surface area contributed by atoms with Crippen molar-refractivity contribution >= 4 is 17.4 Å². The van der Waals surface area contributed by atoms with Gasteiger partial charge in [0.15, 0.2) is 5.16 Å². The van der Waals surface area contributed by atoms with Crippen LogP contribution in [0.15, 0.2) is 39.7 Å². The van der Waals surface area contributed by atoms with Crippen LogP contribution < -0.4 is 4.74 Å². The van der Waals surface area contributed by atoms with E-state index in [-0.39, 0.29) is 10.9 Å². The summed E-state index contributed by atoms with van der Waals surface area (Å²) in [5, 5.41) is 7.58. The van der Waals surface area contributed by atoms with E-state index in [1.54, 1.807) is 0 Å². The summed E-state index contributed by atoms with van der Waals surface area (Å²) in [6.45, 7) is 1.97. The quantitative estimate of drug-likeness (QED) is 0.791. The highest BCUT2D eigenvalue weighted by molar-refractivity contribution is 6.31. The first-order chi connectivity index (χ1) is 9.15. The van der Waals surface area contributed by atoms with E-state index in [0.29, 0.717) is 5.92 Å². The lowest BCUT2D eigenvalue weighted by Gasteiger charge is -2.18. The molecule has 2 aliphatic rings. The summed E-state index contributed by atoms with van der Waals surface area (Å²) in [5.41, 5.74) is 2.16. The number of benzene rings is 1. The second-order valence-electron chi connectivity index (χ2n) is 4.82. The monoisotopic (exact) mass is 276 g/mol. The van der Waals surface area contributed by atoms with Gasteiger partial charge in [-0.3, -0.25) is 4.79 Å². The molecule has 1 atom stereocenters. The van der Waals surface area contributed by atoms with Gasteiger partial charge in [0.1, 0.15) is 5.75 Å². The van der Waals surface area contributed by atoms with Crippen LogP contribution in [0.5, 0.6) is 5.75 Å². The van der Waals surface area contributed by atoms with Gasteiger partial charge in [-0.05, 0) is 36.8 Å². The summed E-state index contributed by atoms with van der Waals surface area (Å²) in [6, 6.07) is 6.03. The fourth-order valence-corrected chi connectivity index (χ4v) is 2.28. The number of aryl methyl sites for hydroxylation is 1. The molecule has 3 rings (SSSR count). The molecule has 0 saturated heterocycles. The summed E-state index contributed by atoms with van der Waals surface area (Å²) < 4.78 is 5.77. The lowest BCUT2D eigenvalue weighted by molar-refractivity contribution is -0.121. The van der Waals surface area contributed by atoms with Gasteiger partial charge in [-0.1, -0.05) is 29.8 Å². The number of hydrogen-bond donors (Lipinski definition) is 0. The Morgan fingerprint density at radius 1 is 1.37 bits per heavy atom. The van der Waals surface area contributed by atoms with Crippen molar-refractivity contribution in [2.24, 2.45) is 10.2 Å². The molecule has 1 unspecified atom stereocenters. The molecular formula is C14H13ClN2O2. The number of ether oxygens (including phenoxy) is 1. The maximum absolute atomic E-state index is 11.8. The van der Waals surface area contributed by atoms with Crippen LogP contribution in [0.1, 0.15) is 29.9 Å². The number of carbonyl (C=O) groups is 1. The van der Waals surface area contributed by atoms with Gasteiger partial charge in [0.2, 0.25) is 5.78 Å². The highest BCUT2D eigenvalue weighted by Gasteiger charge is 2.30. The van der Waals surface area contributed by atoms with E-state index in [4.69, 9.17) is 16.3 Å². The third kappa shape index (κ3) is 2.54. The number of nitrogens with zero attached hydrogens (tertiary/aromatic N) is 2. The van der Waals surface area contributed by atoms with Crippen LogP contribution >= 0.6 is 11.6 Å². The Kier molecular flexibility index (Phi) is 3.11. The third-order valence-corrected chi connectivity index (χ3v) is 3.44. The highest BCUT2D eigenvalue weighted by atomic mass is 35.5. The maximum atomic E-state index is 11.8. The predicted octanol–water partition coefficient (Wildman–Crippen LogP) is 3.69. The molecule has 1 heterocycles. The number of halogens is 1. The molecule has 5 heteroatoms. The first-order valence-electron chi connectivity index (χ1n) is 6.23. The smallest absolute Gasteiger partial charge is 0.271 e. The number of azo groups is 1. The maximum Gasteiger partial charge on any atom is 0.271 e. The molecule has 19 heavy (non-hydrogen) atoms. The second kappa shape index (κ2) is 4.78. The van der Waals surface area contributed by atoms with E-state index in [9.17, 15) is 4.79 Å². The lowest BCUT2D eigenvalue weighted by atomic mass is 10.1. The van der Waals surface area contributed by atoms with Crippen LogP contribution in [0.4, 0.5) is 0 Å². The van der Waals surface area contributed by atoms with Crippen LogP contribution in [0.2, 0.25) is 0 Å². The zero-order chi connectivity index (χ0) is 13.4. The van der Waals surface area contributed by atoms with Crippen LogP contribution in [-0.4, -0.2) is 12.0 Å². The van der Waals surface area contributed by atoms with Gasteiger partial charge in [-0.25, -0.2) is 0 Å². The van der Waals surface area contributed by atoms with Crippen LogP contribution in [0.3, 0.4) is 0 Å². The standard InChI is InChI=1S/C14H13ClN2O2/c1-8-3-2-4-10(9-5-6-9)13(8)19-14-11(18)7-12(15)16-17-14/h2-4,7,9,14H,5-6H2,1H3. The Morgan fingerprint density at radius 2 is 2.16 bits per heavy atom. The van der Waals surface area contributed by atoms with Crippen molar-refractivity contribution in [3.05, 3.63) is 40.6 Å². The first-order valence-corrected chi connectivity index (χ1v) is 6.61. The number of rotatable bonds is 3. The van der Waals surface area contributed by atoms with Crippen LogP contribution in [0.25, 0.3) is 0 Å². The summed E-state index contributed by atoms with van der Waals surface area (Å²) in [7, 11) is 0. The van der Waals surface area contributed by atoms with Gasteiger partial charge >= 0.3 is 0 Å². The van der Waals surface area contributed by atoms with Crippen LogP contribution in [-0.2, 0) is 4.79 Å². The minimum Gasteiger partial charge on any atom is -0.459 e. The Bertz CT molecular complexity index is 591. The van der Waals surface area contributed by atoms with E-state index >= 15 is 0 Å². The number of ketones is 1. The molecule has 4 nitrogen and oxygen atoms in total. The predicted molar refractivity (Wildman–Crippen MR) is 71.4 cm³/mol. The first kappa shape index (κ1) is 12.4. The molecule has 1 aromatic carbocycles. The Labute approximate surface area is 116 Å². The molecule has 1 fully saturated rings. The molecular weight excluding hydrogens is 264 g/mol. The van der Waals surface area contributed by atoms with E-state index in [0.717, 1.165) is 16.9 Å². The molecule has 1 aliphatic heterocycles. The topological polar surface area (TPSA) is 51.0 Å². The van der Waals surface area contributed by atoms with E-state index in [2.05, 4.69) is 10.2 Å². The van der Waals surface area contributed by atoms with Gasteiger partial charge < -0.3 is 4.74 Å². The van der Waals surface area contributed by atoms with Crippen molar-refractivity contribution in [1.29, 1.82) is 0 Å². The van der Waals surface area contributed by atoms with Gasteiger partial charge in [0.25, 0.3) is 6.23 Å². The molecule has 0 aromatic heterocycles. The summed E-state index contributed by atoms with van der Waals surface area (Å²) in [5.74, 6) is 1.03. The summed E-state index contributed by atoms with van der Waals surface area (Å²) in [6.07, 6.45) is 2.67. The fourth-order valence-electron chi connectivity index (χ4n) is 2.13. The highest BCUT2D eigenvalue weighted by Crippen LogP contribution is 2.45. The second-order valence-corrected chi connectivity index (χ2v) is 5.21. The molecule has 1 saturated carbocycles.